The van der Waals surface area contributed by atoms with Gasteiger partial charge in [0.05, 0.1) is 30.4 Å². The molecule has 0 saturated heterocycles. The van der Waals surface area contributed by atoms with Crippen molar-refractivity contribution >= 4 is 11.4 Å². The number of ketones is 1. The monoisotopic (exact) mass is 402 g/mol. The number of aromatic nitrogens is 4. The van der Waals surface area contributed by atoms with Gasteiger partial charge in [0.25, 0.3) is 0 Å². The van der Waals surface area contributed by atoms with Crippen molar-refractivity contribution in [1.29, 1.82) is 0 Å². The molecule has 8 heteroatoms. The quantitative estimate of drug-likeness (QED) is 0.513. The SMILES string of the molecule is COc1ccccc1-c1nc2c3c(ncn2n1)OC(C)=C(C(C)=O)C3c1ccco1. The first-order valence-electron chi connectivity index (χ1n) is 9.40. The van der Waals surface area contributed by atoms with Gasteiger partial charge in [0.15, 0.2) is 17.3 Å². The minimum atomic E-state index is -0.493. The Labute approximate surface area is 171 Å². The number of carbonyl (C=O) groups excluding carboxylic acids is 1. The van der Waals surface area contributed by atoms with Gasteiger partial charge < -0.3 is 13.9 Å². The van der Waals surface area contributed by atoms with Crippen molar-refractivity contribution in [3.05, 3.63) is 71.6 Å². The normalized spacial score (nSPS) is 15.8. The second kappa shape index (κ2) is 6.84. The molecule has 8 nitrogen and oxygen atoms in total. The van der Waals surface area contributed by atoms with E-state index in [-0.39, 0.29) is 5.78 Å². The highest BCUT2D eigenvalue weighted by Crippen LogP contribution is 2.44. The number of Topliss-reactive ketones (excluding diaryl/α,β-unsaturated/α-hetero) is 1. The van der Waals surface area contributed by atoms with Crippen LogP contribution in [0.1, 0.15) is 31.1 Å². The number of hydrogen-bond acceptors (Lipinski definition) is 7. The number of allylic oxidation sites excluding steroid dienone is 2. The molecule has 1 unspecified atom stereocenters. The molecule has 0 fully saturated rings. The van der Waals surface area contributed by atoms with E-state index in [0.717, 1.165) is 5.56 Å². The molecule has 5 rings (SSSR count). The zero-order valence-electron chi connectivity index (χ0n) is 16.6. The first-order valence-corrected chi connectivity index (χ1v) is 9.40. The predicted octanol–water partition coefficient (Wildman–Crippen LogP) is 3.78. The van der Waals surface area contributed by atoms with Crippen LogP contribution in [0, 0.1) is 0 Å². The summed E-state index contributed by atoms with van der Waals surface area (Å²) in [5.41, 5.74) is 2.43. The standard InChI is InChI=1S/C22H18N4O4/c1-12(27)17-13(2)30-22-19(18(17)16-9-6-10-29-16)21-24-20(25-26(21)11-23-22)14-7-4-5-8-15(14)28-3/h4-11,18H,1-3H3. The van der Waals surface area contributed by atoms with Gasteiger partial charge in [-0.25, -0.2) is 14.5 Å². The van der Waals surface area contributed by atoms with Crippen LogP contribution in [0.5, 0.6) is 11.6 Å². The minimum absolute atomic E-state index is 0.106. The molecule has 30 heavy (non-hydrogen) atoms. The van der Waals surface area contributed by atoms with Crippen molar-refractivity contribution in [1.82, 2.24) is 19.6 Å². The maximum absolute atomic E-state index is 12.5. The van der Waals surface area contributed by atoms with Gasteiger partial charge in [0.2, 0.25) is 5.88 Å². The molecule has 0 spiro atoms. The maximum Gasteiger partial charge on any atom is 0.228 e. The predicted molar refractivity (Wildman–Crippen MR) is 107 cm³/mol. The van der Waals surface area contributed by atoms with Crippen molar-refractivity contribution < 1.29 is 18.7 Å². The van der Waals surface area contributed by atoms with Crippen LogP contribution in [0.15, 0.2) is 64.7 Å². The highest BCUT2D eigenvalue weighted by atomic mass is 16.5. The van der Waals surface area contributed by atoms with E-state index in [4.69, 9.17) is 18.9 Å². The van der Waals surface area contributed by atoms with E-state index in [1.165, 1.54) is 6.92 Å². The van der Waals surface area contributed by atoms with Crippen molar-refractivity contribution in [2.24, 2.45) is 0 Å². The van der Waals surface area contributed by atoms with Crippen molar-refractivity contribution in [2.75, 3.05) is 7.11 Å². The fourth-order valence-electron chi connectivity index (χ4n) is 3.88. The second-order valence-electron chi connectivity index (χ2n) is 6.94. The molecule has 0 radical (unpaired) electrons. The molecule has 0 saturated carbocycles. The summed E-state index contributed by atoms with van der Waals surface area (Å²) in [6.07, 6.45) is 3.13. The Morgan fingerprint density at radius 3 is 2.77 bits per heavy atom. The number of hydrogen-bond donors (Lipinski definition) is 0. The smallest absolute Gasteiger partial charge is 0.228 e. The van der Waals surface area contributed by atoms with Crippen LogP contribution >= 0.6 is 0 Å². The molecule has 3 aromatic heterocycles. The molecule has 1 aliphatic rings. The summed E-state index contributed by atoms with van der Waals surface area (Å²) in [5, 5.41) is 4.58. The third kappa shape index (κ3) is 2.68. The van der Waals surface area contributed by atoms with Crippen LogP contribution in [0.25, 0.3) is 17.0 Å². The molecule has 0 bridgehead atoms. The lowest BCUT2D eigenvalue weighted by atomic mass is 9.85. The number of nitrogens with zero attached hydrogens (tertiary/aromatic N) is 4. The lowest BCUT2D eigenvalue weighted by Crippen LogP contribution is -2.21. The van der Waals surface area contributed by atoms with Gasteiger partial charge in [-0.1, -0.05) is 12.1 Å². The Kier molecular flexibility index (Phi) is 4.13. The molecule has 0 amide bonds. The summed E-state index contributed by atoms with van der Waals surface area (Å²) in [4.78, 5) is 21.7. The van der Waals surface area contributed by atoms with E-state index in [0.29, 0.717) is 45.8 Å². The molecule has 4 aromatic rings. The molecular formula is C22H18N4O4. The molecule has 1 aliphatic heterocycles. The molecular weight excluding hydrogens is 384 g/mol. The highest BCUT2D eigenvalue weighted by molar-refractivity contribution is 5.97. The summed E-state index contributed by atoms with van der Waals surface area (Å²) in [7, 11) is 1.60. The van der Waals surface area contributed by atoms with Crippen LogP contribution in [0.3, 0.4) is 0 Å². The maximum atomic E-state index is 12.5. The van der Waals surface area contributed by atoms with Crippen LogP contribution in [-0.4, -0.2) is 32.5 Å². The molecule has 4 heterocycles. The third-order valence-corrected chi connectivity index (χ3v) is 5.15. The number of furan rings is 1. The Balaban J connectivity index is 1.78. The first kappa shape index (κ1) is 18.1. The van der Waals surface area contributed by atoms with Gasteiger partial charge in [0, 0.05) is 5.57 Å². The van der Waals surface area contributed by atoms with Crippen LogP contribution in [0.4, 0.5) is 0 Å². The summed E-state index contributed by atoms with van der Waals surface area (Å²) in [6.45, 7) is 3.27. The van der Waals surface area contributed by atoms with Crippen LogP contribution < -0.4 is 9.47 Å². The van der Waals surface area contributed by atoms with Gasteiger partial charge in [0.1, 0.15) is 23.6 Å². The molecule has 150 valence electrons. The van der Waals surface area contributed by atoms with Gasteiger partial charge in [-0.05, 0) is 38.1 Å². The lowest BCUT2D eigenvalue weighted by Gasteiger charge is -2.26. The number of methoxy groups -OCH3 is 1. The number of fused-ring (bicyclic) bond motifs is 3. The fraction of sp³-hybridized carbons (Fsp3) is 0.182. The summed E-state index contributed by atoms with van der Waals surface area (Å²) in [5.74, 6) is 2.04. The van der Waals surface area contributed by atoms with Gasteiger partial charge >= 0.3 is 0 Å². The lowest BCUT2D eigenvalue weighted by molar-refractivity contribution is -0.114. The van der Waals surface area contributed by atoms with Gasteiger partial charge in [-0.15, -0.1) is 5.10 Å². The second-order valence-corrected chi connectivity index (χ2v) is 6.94. The topological polar surface area (TPSA) is 91.8 Å². The molecule has 1 atom stereocenters. The van der Waals surface area contributed by atoms with E-state index in [2.05, 4.69) is 10.1 Å². The fourth-order valence-corrected chi connectivity index (χ4v) is 3.88. The van der Waals surface area contributed by atoms with Crippen LogP contribution in [-0.2, 0) is 4.79 Å². The zero-order chi connectivity index (χ0) is 20.8. The van der Waals surface area contributed by atoms with Crippen molar-refractivity contribution in [3.8, 4) is 23.0 Å². The van der Waals surface area contributed by atoms with Crippen molar-refractivity contribution in [2.45, 2.75) is 19.8 Å². The minimum Gasteiger partial charge on any atom is -0.496 e. The average Bonchev–Trinajstić information content (AvgIpc) is 3.42. The Morgan fingerprint density at radius 2 is 2.03 bits per heavy atom. The zero-order valence-corrected chi connectivity index (χ0v) is 16.6. The van der Waals surface area contributed by atoms with E-state index in [1.807, 2.05) is 30.3 Å². The Morgan fingerprint density at radius 1 is 1.20 bits per heavy atom. The Hall–Kier alpha value is -3.94. The van der Waals surface area contributed by atoms with Crippen LogP contribution in [0.2, 0.25) is 0 Å². The molecule has 1 aromatic carbocycles. The van der Waals surface area contributed by atoms with E-state index in [9.17, 15) is 4.79 Å². The Bertz CT molecular complexity index is 1300. The summed E-state index contributed by atoms with van der Waals surface area (Å²) in [6, 6.07) is 11.1. The third-order valence-electron chi connectivity index (χ3n) is 5.15. The van der Waals surface area contributed by atoms with E-state index >= 15 is 0 Å². The number of para-hydroxylation sites is 1. The number of carbonyl (C=O) groups is 1. The van der Waals surface area contributed by atoms with Gasteiger partial charge in [-0.3, -0.25) is 4.79 Å². The molecule has 0 N–H and O–H groups in total. The highest BCUT2D eigenvalue weighted by Gasteiger charge is 2.37. The van der Waals surface area contributed by atoms with E-state index < -0.39 is 5.92 Å². The summed E-state index contributed by atoms with van der Waals surface area (Å²) < 4.78 is 18.6. The number of benzene rings is 1. The largest absolute Gasteiger partial charge is 0.496 e. The number of ether oxygens (including phenoxy) is 2. The van der Waals surface area contributed by atoms with Crippen molar-refractivity contribution in [3.63, 3.8) is 0 Å². The average molecular weight is 402 g/mol. The molecule has 0 aliphatic carbocycles. The first-order chi connectivity index (χ1) is 14.6. The number of rotatable bonds is 4. The van der Waals surface area contributed by atoms with Gasteiger partial charge in [-0.2, -0.15) is 0 Å². The summed E-state index contributed by atoms with van der Waals surface area (Å²) >= 11 is 0. The van der Waals surface area contributed by atoms with E-state index in [1.54, 1.807) is 37.2 Å².